The van der Waals surface area contributed by atoms with E-state index in [9.17, 15) is 14.4 Å². The highest BCUT2D eigenvalue weighted by Gasteiger charge is 2.40. The van der Waals surface area contributed by atoms with E-state index >= 15 is 0 Å². The number of nitrogens with one attached hydrogen (secondary N) is 3. The summed E-state index contributed by atoms with van der Waals surface area (Å²) in [5.41, 5.74) is 2.34. The molecular formula is C32H36N8O5. The fraction of sp³-hybridized carbons (Fsp3) is 0.375. The number of hydrogen-bond acceptors (Lipinski definition) is 9. The SMILES string of the molecule is COc1cccc(CN2CCC3(CC2)CC(=O)N[C@H](Cc2cn(-c4ccccc4)nn2)C(=O)NCc2onc(C)c2C(=O)N3)c1. The van der Waals surface area contributed by atoms with Gasteiger partial charge in [-0.2, -0.15) is 0 Å². The molecule has 1 atom stereocenters. The topological polar surface area (TPSA) is 157 Å². The largest absolute Gasteiger partial charge is 0.497 e. The molecule has 0 bridgehead atoms. The standard InChI is InChI=1S/C32H36N8O5/c1-21-29-27(45-37-21)18-33-30(42)26(16-23-20-40(38-36-23)24-8-4-3-5-9-24)34-28(41)17-32(35-31(29)43)11-13-39(14-12-32)19-22-7-6-10-25(15-22)44-2/h3-10,15,20,26H,11-14,16-19H2,1-2H3,(H,33,42)(H,34,41)(H,35,43)/t26-/m1/s1. The van der Waals surface area contributed by atoms with Crippen molar-refractivity contribution in [3.8, 4) is 11.4 Å². The molecule has 234 valence electrons. The summed E-state index contributed by atoms with van der Waals surface area (Å²) in [5.74, 6) is -0.0904. The van der Waals surface area contributed by atoms with Crippen LogP contribution >= 0.6 is 0 Å². The van der Waals surface area contributed by atoms with Crippen molar-refractivity contribution in [2.45, 2.75) is 57.3 Å². The molecule has 2 aromatic carbocycles. The highest BCUT2D eigenvalue weighted by atomic mass is 16.5. The first-order valence-electron chi connectivity index (χ1n) is 15.0. The van der Waals surface area contributed by atoms with Crippen LogP contribution in [0.3, 0.4) is 0 Å². The lowest BCUT2D eigenvalue weighted by Gasteiger charge is -2.42. The number of rotatable bonds is 6. The molecule has 1 saturated heterocycles. The minimum atomic E-state index is -0.925. The smallest absolute Gasteiger partial charge is 0.257 e. The van der Waals surface area contributed by atoms with Gasteiger partial charge in [0.15, 0.2) is 5.76 Å². The minimum absolute atomic E-state index is 0.00584. The summed E-state index contributed by atoms with van der Waals surface area (Å²) in [7, 11) is 1.65. The Morgan fingerprint density at radius 2 is 1.87 bits per heavy atom. The number of fused-ring (bicyclic) bond motifs is 1. The van der Waals surface area contributed by atoms with Crippen LogP contribution in [-0.2, 0) is 29.1 Å². The summed E-state index contributed by atoms with van der Waals surface area (Å²) in [6.45, 7) is 3.66. The zero-order valence-electron chi connectivity index (χ0n) is 25.3. The van der Waals surface area contributed by atoms with Crippen molar-refractivity contribution in [1.82, 2.24) is 41.0 Å². The van der Waals surface area contributed by atoms with Crippen molar-refractivity contribution in [3.05, 3.63) is 89.1 Å². The average Bonchev–Trinajstić information content (AvgIpc) is 3.67. The third kappa shape index (κ3) is 6.88. The zero-order valence-corrected chi connectivity index (χ0v) is 25.3. The maximum atomic E-state index is 13.6. The van der Waals surface area contributed by atoms with Crippen molar-refractivity contribution >= 4 is 17.7 Å². The molecule has 13 heteroatoms. The molecule has 45 heavy (non-hydrogen) atoms. The summed E-state index contributed by atoms with van der Waals surface area (Å²) >= 11 is 0. The fourth-order valence-electron chi connectivity index (χ4n) is 6.01. The molecule has 2 aromatic heterocycles. The van der Waals surface area contributed by atoms with Gasteiger partial charge in [0.25, 0.3) is 5.91 Å². The summed E-state index contributed by atoms with van der Waals surface area (Å²) in [6, 6.07) is 16.5. The molecular weight excluding hydrogens is 576 g/mol. The molecule has 4 heterocycles. The summed E-state index contributed by atoms with van der Waals surface area (Å²) < 4.78 is 12.5. The predicted molar refractivity (Wildman–Crippen MR) is 162 cm³/mol. The number of hydrogen-bond donors (Lipinski definition) is 3. The molecule has 2 aliphatic rings. The Hall–Kier alpha value is -5.04. The number of nitrogens with zero attached hydrogens (tertiary/aromatic N) is 5. The number of benzene rings is 2. The molecule has 0 radical (unpaired) electrons. The first-order chi connectivity index (χ1) is 21.8. The van der Waals surface area contributed by atoms with Gasteiger partial charge in [0.05, 0.1) is 42.5 Å². The fourth-order valence-corrected chi connectivity index (χ4v) is 6.01. The molecule has 3 N–H and O–H groups in total. The molecule has 6 rings (SSSR count). The van der Waals surface area contributed by atoms with E-state index in [1.165, 1.54) is 0 Å². The van der Waals surface area contributed by atoms with Crippen molar-refractivity contribution in [2.24, 2.45) is 0 Å². The number of amides is 3. The van der Waals surface area contributed by atoms with E-state index in [-0.39, 0.29) is 42.5 Å². The average molecular weight is 613 g/mol. The predicted octanol–water partition coefficient (Wildman–Crippen LogP) is 2.08. The Bertz CT molecular complexity index is 1680. The Morgan fingerprint density at radius 3 is 2.64 bits per heavy atom. The second kappa shape index (κ2) is 12.9. The Balaban J connectivity index is 1.22. The number of likely N-dealkylation sites (tertiary alicyclic amines) is 1. The van der Waals surface area contributed by atoms with E-state index in [1.54, 1.807) is 24.9 Å². The quantitative estimate of drug-likeness (QED) is 0.297. The van der Waals surface area contributed by atoms with Gasteiger partial charge in [-0.1, -0.05) is 40.7 Å². The lowest BCUT2D eigenvalue weighted by Crippen LogP contribution is -2.58. The van der Waals surface area contributed by atoms with E-state index in [0.29, 0.717) is 43.9 Å². The van der Waals surface area contributed by atoms with Crippen LogP contribution in [0, 0.1) is 6.92 Å². The lowest BCUT2D eigenvalue weighted by atomic mass is 9.83. The minimum Gasteiger partial charge on any atom is -0.497 e. The van der Waals surface area contributed by atoms with E-state index in [4.69, 9.17) is 9.26 Å². The van der Waals surface area contributed by atoms with E-state index in [2.05, 4.69) is 42.4 Å². The van der Waals surface area contributed by atoms with Crippen LogP contribution in [0.1, 0.15) is 52.3 Å². The van der Waals surface area contributed by atoms with Crippen LogP contribution in [0.25, 0.3) is 5.69 Å². The number of ether oxygens (including phenoxy) is 1. The van der Waals surface area contributed by atoms with Crippen LogP contribution in [0.4, 0.5) is 0 Å². The third-order valence-electron chi connectivity index (χ3n) is 8.44. The molecule has 4 aromatic rings. The number of para-hydroxylation sites is 1. The van der Waals surface area contributed by atoms with Gasteiger partial charge >= 0.3 is 0 Å². The highest BCUT2D eigenvalue weighted by molar-refractivity contribution is 5.97. The molecule has 0 unspecified atom stereocenters. The lowest BCUT2D eigenvalue weighted by molar-refractivity contribution is -0.130. The molecule has 13 nitrogen and oxygen atoms in total. The van der Waals surface area contributed by atoms with E-state index in [1.807, 2.05) is 48.5 Å². The summed E-state index contributed by atoms with van der Waals surface area (Å²) in [4.78, 5) is 43.0. The number of methoxy groups -OCH3 is 1. The number of carbonyl (C=O) groups excluding carboxylic acids is 3. The Kier molecular flexibility index (Phi) is 8.60. The van der Waals surface area contributed by atoms with Gasteiger partial charge in [0, 0.05) is 32.5 Å². The van der Waals surface area contributed by atoms with Crippen molar-refractivity contribution in [1.29, 1.82) is 0 Å². The number of aryl methyl sites for hydroxylation is 1. The third-order valence-corrected chi connectivity index (χ3v) is 8.44. The maximum absolute atomic E-state index is 13.6. The summed E-state index contributed by atoms with van der Waals surface area (Å²) in [5, 5.41) is 21.3. The zero-order chi connectivity index (χ0) is 31.4. The van der Waals surface area contributed by atoms with Crippen molar-refractivity contribution in [2.75, 3.05) is 20.2 Å². The summed E-state index contributed by atoms with van der Waals surface area (Å²) in [6.07, 6.45) is 2.95. The number of piperidine rings is 1. The monoisotopic (exact) mass is 612 g/mol. The van der Waals surface area contributed by atoms with Crippen molar-refractivity contribution in [3.63, 3.8) is 0 Å². The first kappa shape index (κ1) is 30.0. The van der Waals surface area contributed by atoms with Gasteiger partial charge in [-0.15, -0.1) is 5.10 Å². The van der Waals surface area contributed by atoms with Crippen LogP contribution in [0.2, 0.25) is 0 Å². The van der Waals surface area contributed by atoms with E-state index < -0.39 is 17.5 Å². The molecule has 0 saturated carbocycles. The second-order valence-electron chi connectivity index (χ2n) is 11.6. The highest BCUT2D eigenvalue weighted by Crippen LogP contribution is 2.29. The van der Waals surface area contributed by atoms with E-state index in [0.717, 1.165) is 17.0 Å². The Labute approximate surface area is 260 Å². The van der Waals surface area contributed by atoms with Gasteiger partial charge in [0.2, 0.25) is 11.8 Å². The van der Waals surface area contributed by atoms with Gasteiger partial charge in [-0.3, -0.25) is 19.3 Å². The molecule has 1 spiro atoms. The van der Waals surface area contributed by atoms with Gasteiger partial charge in [0.1, 0.15) is 17.4 Å². The van der Waals surface area contributed by atoms with Crippen LogP contribution < -0.4 is 20.7 Å². The number of aromatic nitrogens is 4. The molecule has 1 fully saturated rings. The first-order valence-corrected chi connectivity index (χ1v) is 15.0. The molecule has 3 amide bonds. The van der Waals surface area contributed by atoms with Gasteiger partial charge in [-0.05, 0) is 49.6 Å². The molecule has 2 aliphatic heterocycles. The van der Waals surface area contributed by atoms with Crippen LogP contribution in [0.5, 0.6) is 5.75 Å². The maximum Gasteiger partial charge on any atom is 0.257 e. The van der Waals surface area contributed by atoms with Crippen LogP contribution in [-0.4, -0.2) is 74.6 Å². The normalized spacial score (nSPS) is 19.1. The van der Waals surface area contributed by atoms with Crippen molar-refractivity contribution < 1.29 is 23.6 Å². The Morgan fingerprint density at radius 1 is 1.07 bits per heavy atom. The number of carbonyl (C=O) groups is 3. The van der Waals surface area contributed by atoms with Gasteiger partial charge < -0.3 is 25.2 Å². The van der Waals surface area contributed by atoms with Crippen LogP contribution in [0.15, 0.2) is 65.3 Å². The van der Waals surface area contributed by atoms with Gasteiger partial charge in [-0.25, -0.2) is 4.68 Å². The molecule has 0 aliphatic carbocycles. The second-order valence-corrected chi connectivity index (χ2v) is 11.6.